The molecule has 0 spiro atoms. The lowest BCUT2D eigenvalue weighted by Gasteiger charge is -2.08. The van der Waals surface area contributed by atoms with E-state index in [0.717, 1.165) is 16.8 Å². The Morgan fingerprint density at radius 2 is 2.24 bits per heavy atom. The van der Waals surface area contributed by atoms with Crippen molar-refractivity contribution in [1.82, 2.24) is 9.55 Å². The number of imidazole rings is 1. The number of nitrogens with zero attached hydrogens (tertiary/aromatic N) is 2. The summed E-state index contributed by atoms with van der Waals surface area (Å²) in [5, 5.41) is 10.9. The molecule has 0 unspecified atom stereocenters. The van der Waals surface area contributed by atoms with Crippen LogP contribution in [0.3, 0.4) is 0 Å². The standard InChI is InChI=1S/C15H11FN2O2S/c16-12-7-10(6-11(8-12)15(19)20)9-18-4-3-17-14(18)13-2-1-5-21-13/h1-8H,9H2,(H,19,20). The number of aromatic carboxylic acids is 1. The number of benzene rings is 1. The van der Waals surface area contributed by atoms with E-state index in [-0.39, 0.29) is 5.56 Å². The molecule has 3 rings (SSSR count). The van der Waals surface area contributed by atoms with Gasteiger partial charge in [0, 0.05) is 18.9 Å². The van der Waals surface area contributed by atoms with Gasteiger partial charge >= 0.3 is 5.97 Å². The van der Waals surface area contributed by atoms with Crippen molar-refractivity contribution >= 4 is 17.3 Å². The predicted molar refractivity (Wildman–Crippen MR) is 78.0 cm³/mol. The maximum Gasteiger partial charge on any atom is 0.335 e. The summed E-state index contributed by atoms with van der Waals surface area (Å²) >= 11 is 1.57. The van der Waals surface area contributed by atoms with E-state index in [2.05, 4.69) is 4.98 Å². The molecule has 106 valence electrons. The number of carbonyl (C=O) groups is 1. The van der Waals surface area contributed by atoms with Crippen molar-refractivity contribution in [1.29, 1.82) is 0 Å². The Hall–Kier alpha value is -2.47. The monoisotopic (exact) mass is 302 g/mol. The first-order chi connectivity index (χ1) is 10.1. The predicted octanol–water partition coefficient (Wildman–Crippen LogP) is 3.50. The SMILES string of the molecule is O=C(O)c1cc(F)cc(Cn2ccnc2-c2cccs2)c1. The Balaban J connectivity index is 1.95. The van der Waals surface area contributed by atoms with Gasteiger partial charge < -0.3 is 9.67 Å². The number of hydrogen-bond donors (Lipinski definition) is 1. The van der Waals surface area contributed by atoms with Crippen molar-refractivity contribution in [2.45, 2.75) is 6.54 Å². The molecule has 2 aromatic heterocycles. The van der Waals surface area contributed by atoms with Crippen LogP contribution in [-0.2, 0) is 6.54 Å². The molecule has 1 N–H and O–H groups in total. The van der Waals surface area contributed by atoms with Gasteiger partial charge in [-0.05, 0) is 35.2 Å². The fourth-order valence-electron chi connectivity index (χ4n) is 2.13. The van der Waals surface area contributed by atoms with Gasteiger partial charge in [0.1, 0.15) is 11.6 Å². The topological polar surface area (TPSA) is 55.1 Å². The first-order valence-corrected chi connectivity index (χ1v) is 7.09. The highest BCUT2D eigenvalue weighted by atomic mass is 32.1. The van der Waals surface area contributed by atoms with E-state index >= 15 is 0 Å². The Bertz CT molecular complexity index is 781. The number of carboxylic acid groups (broad SMARTS) is 1. The lowest BCUT2D eigenvalue weighted by molar-refractivity contribution is 0.0696. The second-order valence-electron chi connectivity index (χ2n) is 4.51. The zero-order chi connectivity index (χ0) is 14.8. The number of aromatic nitrogens is 2. The Morgan fingerprint density at radius 1 is 1.38 bits per heavy atom. The zero-order valence-corrected chi connectivity index (χ0v) is 11.7. The van der Waals surface area contributed by atoms with Crippen molar-refractivity contribution < 1.29 is 14.3 Å². The normalized spacial score (nSPS) is 10.7. The van der Waals surface area contributed by atoms with Crippen molar-refractivity contribution in [3.63, 3.8) is 0 Å². The number of hydrogen-bond acceptors (Lipinski definition) is 3. The molecule has 0 aliphatic rings. The molecule has 0 radical (unpaired) electrons. The van der Waals surface area contributed by atoms with Gasteiger partial charge in [-0.2, -0.15) is 0 Å². The summed E-state index contributed by atoms with van der Waals surface area (Å²) in [5.41, 5.74) is 0.533. The zero-order valence-electron chi connectivity index (χ0n) is 10.9. The molecule has 6 heteroatoms. The third kappa shape index (κ3) is 2.85. The van der Waals surface area contributed by atoms with Crippen molar-refractivity contribution in [3.8, 4) is 10.7 Å². The highest BCUT2D eigenvalue weighted by molar-refractivity contribution is 7.13. The summed E-state index contributed by atoms with van der Waals surface area (Å²) in [4.78, 5) is 16.3. The molecule has 2 heterocycles. The average molecular weight is 302 g/mol. The van der Waals surface area contributed by atoms with E-state index in [0.29, 0.717) is 12.1 Å². The molecule has 0 aliphatic carbocycles. The van der Waals surface area contributed by atoms with E-state index in [1.165, 1.54) is 12.1 Å². The van der Waals surface area contributed by atoms with Crippen LogP contribution < -0.4 is 0 Å². The van der Waals surface area contributed by atoms with Crippen molar-refractivity contribution in [2.75, 3.05) is 0 Å². The van der Waals surface area contributed by atoms with Crippen LogP contribution in [0.4, 0.5) is 4.39 Å². The minimum atomic E-state index is -1.14. The second-order valence-corrected chi connectivity index (χ2v) is 5.46. The third-order valence-corrected chi connectivity index (χ3v) is 3.88. The van der Waals surface area contributed by atoms with E-state index in [9.17, 15) is 9.18 Å². The van der Waals surface area contributed by atoms with E-state index in [1.54, 1.807) is 23.7 Å². The second kappa shape index (κ2) is 5.49. The van der Waals surface area contributed by atoms with E-state index < -0.39 is 11.8 Å². The van der Waals surface area contributed by atoms with Crippen LogP contribution in [0.25, 0.3) is 10.7 Å². The van der Waals surface area contributed by atoms with Gasteiger partial charge in [-0.1, -0.05) is 6.07 Å². The summed E-state index contributed by atoms with van der Waals surface area (Å²) < 4.78 is 15.4. The molecule has 3 aromatic rings. The molecule has 21 heavy (non-hydrogen) atoms. The smallest absolute Gasteiger partial charge is 0.335 e. The molecule has 0 atom stereocenters. The van der Waals surface area contributed by atoms with Crippen LogP contribution in [0, 0.1) is 5.82 Å². The minimum absolute atomic E-state index is 0.0530. The molecule has 0 bridgehead atoms. The van der Waals surface area contributed by atoms with Crippen molar-refractivity contribution in [3.05, 3.63) is 65.0 Å². The van der Waals surface area contributed by atoms with Gasteiger partial charge in [0.05, 0.1) is 10.4 Å². The van der Waals surface area contributed by atoms with Gasteiger partial charge in [0.2, 0.25) is 0 Å². The summed E-state index contributed by atoms with van der Waals surface area (Å²) in [6.45, 7) is 0.366. The first kappa shape index (κ1) is 13.5. The largest absolute Gasteiger partial charge is 0.478 e. The molecule has 0 amide bonds. The summed E-state index contributed by atoms with van der Waals surface area (Å²) in [7, 11) is 0. The van der Waals surface area contributed by atoms with Gasteiger partial charge in [0.25, 0.3) is 0 Å². The maximum absolute atomic E-state index is 13.5. The molecule has 1 aromatic carbocycles. The fourth-order valence-corrected chi connectivity index (χ4v) is 2.87. The van der Waals surface area contributed by atoms with Crippen LogP contribution in [0.15, 0.2) is 48.1 Å². The highest BCUT2D eigenvalue weighted by Crippen LogP contribution is 2.23. The number of thiophene rings is 1. The lowest BCUT2D eigenvalue weighted by atomic mass is 10.1. The maximum atomic E-state index is 13.5. The number of rotatable bonds is 4. The van der Waals surface area contributed by atoms with Crippen LogP contribution in [0.1, 0.15) is 15.9 Å². The lowest BCUT2D eigenvalue weighted by Crippen LogP contribution is -2.04. The quantitative estimate of drug-likeness (QED) is 0.802. The van der Waals surface area contributed by atoms with Crippen LogP contribution in [-0.4, -0.2) is 20.6 Å². The van der Waals surface area contributed by atoms with E-state index in [4.69, 9.17) is 5.11 Å². The van der Waals surface area contributed by atoms with Gasteiger partial charge in [-0.25, -0.2) is 14.2 Å². The fraction of sp³-hybridized carbons (Fsp3) is 0.0667. The van der Waals surface area contributed by atoms with Crippen LogP contribution in [0.5, 0.6) is 0 Å². The third-order valence-electron chi connectivity index (χ3n) is 3.01. The van der Waals surface area contributed by atoms with Crippen LogP contribution >= 0.6 is 11.3 Å². The molecular weight excluding hydrogens is 291 g/mol. The van der Waals surface area contributed by atoms with Gasteiger partial charge in [-0.3, -0.25) is 0 Å². The minimum Gasteiger partial charge on any atom is -0.478 e. The number of carboxylic acids is 1. The van der Waals surface area contributed by atoms with Crippen LogP contribution in [0.2, 0.25) is 0 Å². The van der Waals surface area contributed by atoms with Gasteiger partial charge in [-0.15, -0.1) is 11.3 Å². The highest BCUT2D eigenvalue weighted by Gasteiger charge is 2.10. The first-order valence-electron chi connectivity index (χ1n) is 6.21. The average Bonchev–Trinajstić information content (AvgIpc) is 3.08. The summed E-state index contributed by atoms with van der Waals surface area (Å²) in [6, 6.07) is 7.72. The Labute approximate surface area is 124 Å². The molecule has 0 aliphatic heterocycles. The molecule has 4 nitrogen and oxygen atoms in total. The van der Waals surface area contributed by atoms with Gasteiger partial charge in [0.15, 0.2) is 0 Å². The Kier molecular flexibility index (Phi) is 3.53. The Morgan fingerprint density at radius 3 is 2.95 bits per heavy atom. The molecular formula is C15H11FN2O2S. The summed E-state index contributed by atoms with van der Waals surface area (Å²) in [6.07, 6.45) is 3.47. The molecule has 0 saturated heterocycles. The van der Waals surface area contributed by atoms with Crippen molar-refractivity contribution in [2.24, 2.45) is 0 Å². The molecule has 0 fully saturated rings. The number of halogens is 1. The molecule has 0 saturated carbocycles. The van der Waals surface area contributed by atoms with E-state index in [1.807, 2.05) is 22.1 Å². The summed E-state index contributed by atoms with van der Waals surface area (Å²) in [5.74, 6) is -0.909.